The molecule has 1 atom stereocenters. The lowest BCUT2D eigenvalue weighted by molar-refractivity contribution is -0.143. The van der Waals surface area contributed by atoms with Crippen LogP contribution >= 0.6 is 0 Å². The van der Waals surface area contributed by atoms with Crippen LogP contribution in [-0.4, -0.2) is 41.4 Å². The van der Waals surface area contributed by atoms with Gasteiger partial charge in [-0.15, -0.1) is 0 Å². The third kappa shape index (κ3) is 5.76. The van der Waals surface area contributed by atoms with Crippen LogP contribution in [0.2, 0.25) is 0 Å². The molecule has 0 unspecified atom stereocenters. The quantitative estimate of drug-likeness (QED) is 0.475. The van der Waals surface area contributed by atoms with Gasteiger partial charge in [-0.05, 0) is 6.07 Å². The summed E-state index contributed by atoms with van der Waals surface area (Å²) in [6, 6.07) is 0.0856. The van der Waals surface area contributed by atoms with Gasteiger partial charge in [0.15, 0.2) is 0 Å². The number of furan rings is 1. The average Bonchev–Trinajstić information content (AvgIpc) is 2.91. The first kappa shape index (κ1) is 16.2. The van der Waals surface area contributed by atoms with E-state index in [1.807, 2.05) is 0 Å². The molecule has 5 N–H and O–H groups in total. The van der Waals surface area contributed by atoms with Gasteiger partial charge in [0.05, 0.1) is 18.2 Å². The molecule has 0 saturated heterocycles. The molecule has 0 bridgehead atoms. The third-order valence-corrected chi connectivity index (χ3v) is 2.46. The van der Waals surface area contributed by atoms with Gasteiger partial charge in [0.2, 0.25) is 11.8 Å². The zero-order valence-electron chi connectivity index (χ0n) is 11.0. The normalized spacial score (nSPS) is 11.4. The molecule has 114 valence electrons. The second kappa shape index (κ2) is 7.68. The highest BCUT2D eigenvalue weighted by Gasteiger charge is 2.21. The van der Waals surface area contributed by atoms with E-state index in [0.717, 1.165) is 0 Å². The second-order valence-corrected chi connectivity index (χ2v) is 4.15. The summed E-state index contributed by atoms with van der Waals surface area (Å²) in [5, 5.41) is 13.4. The van der Waals surface area contributed by atoms with Gasteiger partial charge in [0.1, 0.15) is 12.3 Å². The SMILES string of the molecule is NC(=O)C[C@@H](NC(=O)CCNC(=O)c1ccoc1)C(=O)O. The van der Waals surface area contributed by atoms with Crippen LogP contribution in [0.4, 0.5) is 0 Å². The lowest BCUT2D eigenvalue weighted by Gasteiger charge is -2.12. The van der Waals surface area contributed by atoms with E-state index in [0.29, 0.717) is 5.56 Å². The van der Waals surface area contributed by atoms with Crippen molar-refractivity contribution in [1.82, 2.24) is 10.6 Å². The highest BCUT2D eigenvalue weighted by molar-refractivity contribution is 5.94. The van der Waals surface area contributed by atoms with Crippen LogP contribution < -0.4 is 16.4 Å². The summed E-state index contributed by atoms with van der Waals surface area (Å²) in [5.41, 5.74) is 5.19. The predicted octanol–water partition coefficient (Wildman–Crippen LogP) is -1.16. The van der Waals surface area contributed by atoms with Gasteiger partial charge in [0.25, 0.3) is 5.91 Å². The van der Waals surface area contributed by atoms with E-state index in [-0.39, 0.29) is 13.0 Å². The largest absolute Gasteiger partial charge is 0.480 e. The summed E-state index contributed by atoms with van der Waals surface area (Å²) in [5.74, 6) is -3.22. The molecule has 1 rings (SSSR count). The number of nitrogens with one attached hydrogen (secondary N) is 2. The van der Waals surface area contributed by atoms with Crippen LogP contribution in [0.25, 0.3) is 0 Å². The summed E-state index contributed by atoms with van der Waals surface area (Å²) < 4.78 is 4.73. The Balaban J connectivity index is 2.34. The Morgan fingerprint density at radius 2 is 2.05 bits per heavy atom. The molecular formula is C12H15N3O6. The molecule has 0 aliphatic carbocycles. The van der Waals surface area contributed by atoms with Gasteiger partial charge in [-0.3, -0.25) is 14.4 Å². The highest BCUT2D eigenvalue weighted by atomic mass is 16.4. The summed E-state index contributed by atoms with van der Waals surface area (Å²) in [6.07, 6.45) is 1.96. The third-order valence-electron chi connectivity index (χ3n) is 2.46. The maximum atomic E-state index is 11.5. The molecular weight excluding hydrogens is 282 g/mol. The fourth-order valence-corrected chi connectivity index (χ4v) is 1.45. The zero-order chi connectivity index (χ0) is 15.8. The minimum atomic E-state index is -1.38. The summed E-state index contributed by atoms with van der Waals surface area (Å²) in [4.78, 5) is 44.5. The number of aliphatic carboxylic acids is 1. The van der Waals surface area contributed by atoms with Crippen LogP contribution in [0.15, 0.2) is 23.0 Å². The number of primary amides is 1. The maximum Gasteiger partial charge on any atom is 0.326 e. The van der Waals surface area contributed by atoms with Gasteiger partial charge in [-0.2, -0.15) is 0 Å². The number of carboxylic acid groups (broad SMARTS) is 1. The molecule has 0 aliphatic heterocycles. The van der Waals surface area contributed by atoms with Crippen LogP contribution in [0.1, 0.15) is 23.2 Å². The first-order valence-electron chi connectivity index (χ1n) is 6.01. The molecule has 1 aromatic rings. The van der Waals surface area contributed by atoms with Gasteiger partial charge >= 0.3 is 5.97 Å². The molecule has 3 amide bonds. The Bertz CT molecular complexity index is 525. The monoisotopic (exact) mass is 297 g/mol. The molecule has 1 heterocycles. The number of hydrogen-bond donors (Lipinski definition) is 4. The minimum absolute atomic E-state index is 0.0127. The van der Waals surface area contributed by atoms with Crippen molar-refractivity contribution in [2.45, 2.75) is 18.9 Å². The molecule has 0 aromatic carbocycles. The average molecular weight is 297 g/mol. The molecule has 21 heavy (non-hydrogen) atoms. The number of amides is 3. The molecule has 0 radical (unpaired) electrons. The zero-order valence-corrected chi connectivity index (χ0v) is 11.0. The van der Waals surface area contributed by atoms with E-state index in [4.69, 9.17) is 15.3 Å². The Labute approximate surface area is 119 Å². The number of carboxylic acids is 1. The van der Waals surface area contributed by atoms with Gasteiger partial charge in [-0.1, -0.05) is 0 Å². The number of hydrogen-bond acceptors (Lipinski definition) is 5. The van der Waals surface area contributed by atoms with E-state index in [1.54, 1.807) is 0 Å². The van der Waals surface area contributed by atoms with Crippen LogP contribution in [-0.2, 0) is 14.4 Å². The van der Waals surface area contributed by atoms with Crippen molar-refractivity contribution in [3.8, 4) is 0 Å². The predicted molar refractivity (Wildman–Crippen MR) is 69.0 cm³/mol. The van der Waals surface area contributed by atoms with Crippen LogP contribution in [0.3, 0.4) is 0 Å². The first-order valence-corrected chi connectivity index (χ1v) is 6.01. The standard InChI is InChI=1S/C12H15N3O6/c13-9(16)5-8(12(19)20)15-10(17)1-3-14-11(18)7-2-4-21-6-7/h2,4,6,8H,1,3,5H2,(H2,13,16)(H,14,18)(H,15,17)(H,19,20)/t8-/m1/s1. The van der Waals surface area contributed by atoms with Crippen molar-refractivity contribution in [1.29, 1.82) is 0 Å². The smallest absolute Gasteiger partial charge is 0.326 e. The molecule has 0 fully saturated rings. The van der Waals surface area contributed by atoms with Crippen LogP contribution in [0, 0.1) is 0 Å². The highest BCUT2D eigenvalue weighted by Crippen LogP contribution is 1.99. The Morgan fingerprint density at radius 1 is 1.33 bits per heavy atom. The van der Waals surface area contributed by atoms with Gasteiger partial charge in [-0.25, -0.2) is 4.79 Å². The van der Waals surface area contributed by atoms with Gasteiger partial charge in [0, 0.05) is 13.0 Å². The first-order chi connectivity index (χ1) is 9.90. The Hall–Kier alpha value is -2.84. The Morgan fingerprint density at radius 3 is 2.57 bits per heavy atom. The number of rotatable bonds is 8. The van der Waals surface area contributed by atoms with Crippen molar-refractivity contribution < 1.29 is 28.7 Å². The number of carbonyl (C=O) groups excluding carboxylic acids is 3. The molecule has 0 spiro atoms. The van der Waals surface area contributed by atoms with E-state index in [9.17, 15) is 19.2 Å². The van der Waals surface area contributed by atoms with E-state index in [2.05, 4.69) is 10.6 Å². The molecule has 0 saturated carbocycles. The van der Waals surface area contributed by atoms with Crippen molar-refractivity contribution in [2.75, 3.05) is 6.54 Å². The number of nitrogens with two attached hydrogens (primary N) is 1. The summed E-state index contributed by atoms with van der Waals surface area (Å²) >= 11 is 0. The second-order valence-electron chi connectivity index (χ2n) is 4.15. The fraction of sp³-hybridized carbons (Fsp3) is 0.333. The van der Waals surface area contributed by atoms with Crippen molar-refractivity contribution in [3.05, 3.63) is 24.2 Å². The molecule has 9 heteroatoms. The van der Waals surface area contributed by atoms with E-state index >= 15 is 0 Å². The molecule has 0 aliphatic rings. The van der Waals surface area contributed by atoms with E-state index < -0.39 is 36.2 Å². The maximum absolute atomic E-state index is 11.5. The fourth-order valence-electron chi connectivity index (χ4n) is 1.45. The minimum Gasteiger partial charge on any atom is -0.480 e. The van der Waals surface area contributed by atoms with Crippen molar-refractivity contribution >= 4 is 23.7 Å². The summed E-state index contributed by atoms with van der Waals surface area (Å²) in [7, 11) is 0. The van der Waals surface area contributed by atoms with Crippen molar-refractivity contribution in [2.24, 2.45) is 5.73 Å². The van der Waals surface area contributed by atoms with Gasteiger partial charge < -0.3 is 25.9 Å². The molecule has 1 aromatic heterocycles. The van der Waals surface area contributed by atoms with E-state index in [1.165, 1.54) is 18.6 Å². The van der Waals surface area contributed by atoms with Crippen molar-refractivity contribution in [3.63, 3.8) is 0 Å². The van der Waals surface area contributed by atoms with Crippen LogP contribution in [0.5, 0.6) is 0 Å². The lowest BCUT2D eigenvalue weighted by atomic mass is 10.2. The topological polar surface area (TPSA) is 152 Å². The summed E-state index contributed by atoms with van der Waals surface area (Å²) in [6.45, 7) is 0.0127. The Kier molecular flexibility index (Phi) is 5.93. The molecule has 9 nitrogen and oxygen atoms in total. The lowest BCUT2D eigenvalue weighted by Crippen LogP contribution is -2.44. The number of carbonyl (C=O) groups is 4.